The van der Waals surface area contributed by atoms with Gasteiger partial charge in [-0.15, -0.1) is 0 Å². The zero-order valence-electron chi connectivity index (χ0n) is 15.0. The molecule has 3 rings (SSSR count). The van der Waals surface area contributed by atoms with Crippen LogP contribution in [0.25, 0.3) is 22.4 Å². The number of nitrogens with two attached hydrogens (primary N) is 1. The lowest BCUT2D eigenvalue weighted by Crippen LogP contribution is -2.14. The highest BCUT2D eigenvalue weighted by Crippen LogP contribution is 2.40. The van der Waals surface area contributed by atoms with Crippen LogP contribution in [0.5, 0.6) is 0 Å². The second kappa shape index (κ2) is 7.43. The minimum Gasteiger partial charge on any atom is -0.357 e. The number of sulfonamides is 1. The van der Waals surface area contributed by atoms with Gasteiger partial charge in [0.2, 0.25) is 10.0 Å². The lowest BCUT2D eigenvalue weighted by molar-refractivity contribution is -0.138. The highest BCUT2D eigenvalue weighted by Gasteiger charge is 2.33. The first kappa shape index (κ1) is 21.8. The van der Waals surface area contributed by atoms with Crippen LogP contribution in [-0.2, 0) is 22.9 Å². The highest BCUT2D eigenvalue weighted by atomic mass is 32.2. The fourth-order valence-corrected chi connectivity index (χ4v) is 3.50. The van der Waals surface area contributed by atoms with Gasteiger partial charge in [-0.3, -0.25) is 0 Å². The smallest absolute Gasteiger partial charge is 0.357 e. The van der Waals surface area contributed by atoms with Crippen molar-refractivity contribution in [1.29, 1.82) is 0 Å². The summed E-state index contributed by atoms with van der Waals surface area (Å²) in [6, 6.07) is 3.79. The van der Waals surface area contributed by atoms with Crippen LogP contribution in [0.3, 0.4) is 0 Å². The van der Waals surface area contributed by atoms with E-state index in [4.69, 9.17) is 9.66 Å². The van der Waals surface area contributed by atoms with Gasteiger partial charge in [0.1, 0.15) is 22.2 Å². The molecule has 0 atom stereocenters. The third kappa shape index (κ3) is 3.92. The molecule has 3 aromatic rings. The number of halogens is 6. The molecule has 2 N–H and O–H groups in total. The number of benzene rings is 2. The van der Waals surface area contributed by atoms with E-state index >= 15 is 0 Å². The Morgan fingerprint density at radius 3 is 2.33 bits per heavy atom. The zero-order valence-corrected chi connectivity index (χ0v) is 15.8. The van der Waals surface area contributed by atoms with Crippen molar-refractivity contribution in [3.8, 4) is 22.4 Å². The number of hydrogen-bond donors (Lipinski definition) is 1. The van der Waals surface area contributed by atoms with Gasteiger partial charge in [-0.05, 0) is 30.7 Å². The number of hydrogen-bond acceptors (Lipinski definition) is 4. The molecule has 0 unspecified atom stereocenters. The van der Waals surface area contributed by atoms with Gasteiger partial charge >= 0.3 is 6.18 Å². The van der Waals surface area contributed by atoms with Gasteiger partial charge in [0.15, 0.2) is 12.4 Å². The monoisotopic (exact) mass is 450 g/mol. The summed E-state index contributed by atoms with van der Waals surface area (Å²) in [6.45, 7) is -0.108. The maximum Gasteiger partial charge on any atom is 0.416 e. The molecule has 12 heteroatoms. The van der Waals surface area contributed by atoms with Crippen molar-refractivity contribution in [3.05, 3.63) is 58.9 Å². The van der Waals surface area contributed by atoms with Crippen LogP contribution in [0.1, 0.15) is 16.9 Å². The molecule has 0 bridgehead atoms. The minimum absolute atomic E-state index is 0.100. The topological polar surface area (TPSA) is 86.2 Å². The Morgan fingerprint density at radius 2 is 1.77 bits per heavy atom. The standard InChI is InChI=1S/C18H12F6N2O3S/c1-8-2-3-9(4-11(8)18(22,23)24)17-16(14(7-19)29-26-17)10-5-13(21)15(6-12(10)20)30(25,27)28/h2-6H,7H2,1H3,(H2,25,27,28). The van der Waals surface area contributed by atoms with E-state index in [1.54, 1.807) is 0 Å². The zero-order chi connectivity index (χ0) is 22.4. The van der Waals surface area contributed by atoms with Crippen LogP contribution in [0.15, 0.2) is 39.8 Å². The number of aromatic nitrogens is 1. The Kier molecular flexibility index (Phi) is 5.41. The quantitative estimate of drug-likeness (QED) is 0.583. The van der Waals surface area contributed by atoms with Crippen LogP contribution in [-0.4, -0.2) is 13.6 Å². The predicted octanol–water partition coefficient (Wildman–Crippen LogP) is 4.73. The molecule has 0 fully saturated rings. The first-order chi connectivity index (χ1) is 13.8. The maximum atomic E-state index is 14.6. The van der Waals surface area contributed by atoms with E-state index in [0.29, 0.717) is 12.1 Å². The summed E-state index contributed by atoms with van der Waals surface area (Å²) in [6.07, 6.45) is -4.71. The molecule has 0 aliphatic carbocycles. The lowest BCUT2D eigenvalue weighted by atomic mass is 9.96. The molecule has 5 nitrogen and oxygen atoms in total. The molecule has 160 valence electrons. The van der Waals surface area contributed by atoms with Crippen molar-refractivity contribution in [2.75, 3.05) is 0 Å². The van der Waals surface area contributed by atoms with Crippen LogP contribution in [0, 0.1) is 18.6 Å². The molecule has 1 heterocycles. The molecule has 0 radical (unpaired) electrons. The highest BCUT2D eigenvalue weighted by molar-refractivity contribution is 7.89. The van der Waals surface area contributed by atoms with Crippen molar-refractivity contribution < 1.29 is 39.3 Å². The average Bonchev–Trinajstić information content (AvgIpc) is 3.05. The molecule has 0 aliphatic rings. The van der Waals surface area contributed by atoms with Crippen molar-refractivity contribution in [2.24, 2.45) is 5.14 Å². The van der Waals surface area contributed by atoms with Crippen molar-refractivity contribution in [3.63, 3.8) is 0 Å². The Bertz CT molecular complexity index is 1240. The third-order valence-corrected chi connectivity index (χ3v) is 5.22. The van der Waals surface area contributed by atoms with Crippen molar-refractivity contribution in [1.82, 2.24) is 5.16 Å². The van der Waals surface area contributed by atoms with Gasteiger partial charge in [0, 0.05) is 11.1 Å². The van der Waals surface area contributed by atoms with Gasteiger partial charge in [-0.25, -0.2) is 26.7 Å². The summed E-state index contributed by atoms with van der Waals surface area (Å²) >= 11 is 0. The van der Waals surface area contributed by atoms with Gasteiger partial charge in [0.05, 0.1) is 11.1 Å². The predicted molar refractivity (Wildman–Crippen MR) is 93.2 cm³/mol. The van der Waals surface area contributed by atoms with E-state index in [1.165, 1.54) is 13.0 Å². The molecule has 0 amide bonds. The summed E-state index contributed by atoms with van der Waals surface area (Å²) in [5, 5.41) is 8.33. The third-order valence-electron chi connectivity index (χ3n) is 4.30. The van der Waals surface area contributed by atoms with Gasteiger partial charge in [0.25, 0.3) is 0 Å². The Balaban J connectivity index is 2.28. The first-order valence-corrected chi connectivity index (χ1v) is 9.64. The van der Waals surface area contributed by atoms with Crippen LogP contribution >= 0.6 is 0 Å². The first-order valence-electron chi connectivity index (χ1n) is 8.09. The minimum atomic E-state index is -4.71. The van der Waals surface area contributed by atoms with E-state index in [-0.39, 0.29) is 22.9 Å². The molecule has 30 heavy (non-hydrogen) atoms. The molecule has 1 aromatic heterocycles. The van der Waals surface area contributed by atoms with E-state index in [2.05, 4.69) is 5.16 Å². The van der Waals surface area contributed by atoms with Crippen molar-refractivity contribution in [2.45, 2.75) is 24.7 Å². The number of alkyl halides is 4. The molecular weight excluding hydrogens is 438 g/mol. The second-order valence-electron chi connectivity index (χ2n) is 6.30. The fourth-order valence-electron chi connectivity index (χ4n) is 2.90. The molecule has 0 aliphatic heterocycles. The number of aryl methyl sites for hydroxylation is 1. The van der Waals surface area contributed by atoms with Gasteiger partial charge < -0.3 is 4.52 Å². The normalized spacial score (nSPS) is 12.4. The summed E-state index contributed by atoms with van der Waals surface area (Å²) in [7, 11) is -4.60. The molecule has 0 saturated carbocycles. The molecule has 0 saturated heterocycles. The fraction of sp³-hybridized carbons (Fsp3) is 0.167. The SMILES string of the molecule is Cc1ccc(-c2noc(CF)c2-c2cc(F)c(S(N)(=O)=O)cc2F)cc1C(F)(F)F. The van der Waals surface area contributed by atoms with E-state index in [9.17, 15) is 34.8 Å². The number of nitrogens with zero attached hydrogens (tertiary/aromatic N) is 1. The average molecular weight is 450 g/mol. The largest absolute Gasteiger partial charge is 0.416 e. The second-order valence-corrected chi connectivity index (χ2v) is 7.83. The van der Waals surface area contributed by atoms with Gasteiger partial charge in [-0.2, -0.15) is 13.2 Å². The van der Waals surface area contributed by atoms with Crippen molar-refractivity contribution >= 4 is 10.0 Å². The van der Waals surface area contributed by atoms with Crippen LogP contribution in [0.4, 0.5) is 26.3 Å². The lowest BCUT2D eigenvalue weighted by Gasteiger charge is -2.12. The Morgan fingerprint density at radius 1 is 1.10 bits per heavy atom. The van der Waals surface area contributed by atoms with E-state index < -0.39 is 61.9 Å². The number of rotatable bonds is 4. The molecule has 2 aromatic carbocycles. The summed E-state index contributed by atoms with van der Waals surface area (Å²) in [4.78, 5) is -1.14. The number of primary sulfonamides is 1. The Hall–Kier alpha value is -2.86. The van der Waals surface area contributed by atoms with E-state index in [0.717, 1.165) is 6.07 Å². The Labute approximate surface area is 166 Å². The maximum absolute atomic E-state index is 14.6. The molecule has 0 spiro atoms. The summed E-state index contributed by atoms with van der Waals surface area (Å²) in [5.74, 6) is -3.34. The summed E-state index contributed by atoms with van der Waals surface area (Å²) in [5.41, 5.74) is -2.79. The van der Waals surface area contributed by atoms with E-state index in [1.807, 2.05) is 0 Å². The summed E-state index contributed by atoms with van der Waals surface area (Å²) < 4.78 is 109. The molecular formula is C18H12F6N2O3S. The van der Waals surface area contributed by atoms with Crippen LogP contribution < -0.4 is 5.14 Å². The van der Waals surface area contributed by atoms with Gasteiger partial charge in [-0.1, -0.05) is 17.3 Å². The van der Waals surface area contributed by atoms with Crippen LogP contribution in [0.2, 0.25) is 0 Å².